The molecular formula is C48H50N8O9S4. The number of carboxylic acids is 1. The normalized spacial score (nSPS) is 16.2. The Balaban J connectivity index is 1.16. The lowest BCUT2D eigenvalue weighted by atomic mass is 9.80. The first-order valence-corrected chi connectivity index (χ1v) is 25.4. The molecule has 0 bridgehead atoms. The number of anilines is 1. The summed E-state index contributed by atoms with van der Waals surface area (Å²) < 4.78 is 15.5. The summed E-state index contributed by atoms with van der Waals surface area (Å²) in [4.78, 5) is 79.5. The van der Waals surface area contributed by atoms with Crippen LogP contribution < -0.4 is 16.0 Å². The Morgan fingerprint density at radius 3 is 2.00 bits per heavy atom. The number of thioether (sulfide) groups is 3. The van der Waals surface area contributed by atoms with Gasteiger partial charge in [0, 0.05) is 45.4 Å². The van der Waals surface area contributed by atoms with Crippen LogP contribution in [0.1, 0.15) is 69.6 Å². The van der Waals surface area contributed by atoms with Crippen LogP contribution in [-0.2, 0) is 40.0 Å². The zero-order chi connectivity index (χ0) is 49.3. The number of hydrogen-bond donors (Lipinski definition) is 4. The van der Waals surface area contributed by atoms with Crippen molar-refractivity contribution in [3.05, 3.63) is 148 Å². The van der Waals surface area contributed by atoms with E-state index in [1.54, 1.807) is 47.6 Å². The van der Waals surface area contributed by atoms with Crippen LogP contribution in [0.2, 0.25) is 0 Å². The highest BCUT2D eigenvalue weighted by Gasteiger charge is 2.55. The van der Waals surface area contributed by atoms with E-state index < -0.39 is 58.2 Å². The number of nitrogens with one attached hydrogen (secondary N) is 3. The number of carbonyl (C=O) groups is 5. The molecule has 360 valence electrons. The fourth-order valence-corrected chi connectivity index (χ4v) is 11.4. The number of nitrogens with zero attached hydrogens (tertiary/aromatic N) is 5. The summed E-state index contributed by atoms with van der Waals surface area (Å²) >= 11 is 5.10. The number of amides is 4. The van der Waals surface area contributed by atoms with Gasteiger partial charge in [0.25, 0.3) is 11.8 Å². The zero-order valence-electron chi connectivity index (χ0n) is 38.5. The first-order valence-electron chi connectivity index (χ1n) is 21.6. The maximum absolute atomic E-state index is 14.7. The van der Waals surface area contributed by atoms with Crippen molar-refractivity contribution in [2.75, 3.05) is 23.4 Å². The lowest BCUT2D eigenvalue weighted by molar-refractivity contribution is -0.150. The summed E-state index contributed by atoms with van der Waals surface area (Å²) in [5.74, 6) is -1.54. The summed E-state index contributed by atoms with van der Waals surface area (Å²) in [7, 11) is 0. The maximum atomic E-state index is 14.7. The summed E-state index contributed by atoms with van der Waals surface area (Å²) in [6.45, 7) is 10.9. The largest absolute Gasteiger partial charge is 0.477 e. The lowest BCUT2D eigenvalue weighted by Crippen LogP contribution is -2.71. The van der Waals surface area contributed by atoms with E-state index in [0.29, 0.717) is 49.5 Å². The first kappa shape index (κ1) is 50.5. The van der Waals surface area contributed by atoms with Gasteiger partial charge in [-0.2, -0.15) is 11.8 Å². The Kier molecular flexibility index (Phi) is 16.0. The Labute approximate surface area is 415 Å². The van der Waals surface area contributed by atoms with E-state index in [1.807, 2.05) is 91.0 Å². The molecule has 4 heterocycles. The Morgan fingerprint density at radius 1 is 0.826 bits per heavy atom. The molecule has 2 aliphatic rings. The van der Waals surface area contributed by atoms with Crippen molar-refractivity contribution in [3.63, 3.8) is 0 Å². The van der Waals surface area contributed by atoms with Gasteiger partial charge in [-0.1, -0.05) is 118 Å². The number of hydrogen-bond acceptors (Lipinski definition) is 16. The summed E-state index contributed by atoms with van der Waals surface area (Å²) in [6.07, 6.45) is -1.28. The van der Waals surface area contributed by atoms with Gasteiger partial charge >= 0.3 is 18.2 Å². The van der Waals surface area contributed by atoms with Gasteiger partial charge in [-0.15, -0.1) is 16.9 Å². The van der Waals surface area contributed by atoms with E-state index in [4.69, 9.17) is 14.3 Å². The molecular weight excluding hydrogens is 961 g/mol. The molecule has 17 nitrogen and oxygen atoms in total. The van der Waals surface area contributed by atoms with E-state index >= 15 is 0 Å². The van der Waals surface area contributed by atoms with Crippen molar-refractivity contribution in [1.29, 1.82) is 0 Å². The van der Waals surface area contributed by atoms with Gasteiger partial charge in [0.1, 0.15) is 44.0 Å². The molecule has 0 unspecified atom stereocenters. The molecule has 2 atom stereocenters. The number of benzene rings is 3. The molecule has 0 spiro atoms. The third-order valence-electron chi connectivity index (χ3n) is 9.96. The minimum absolute atomic E-state index is 0.0136. The van der Waals surface area contributed by atoms with Crippen LogP contribution in [0.4, 0.5) is 15.4 Å². The molecule has 2 aromatic heterocycles. The van der Waals surface area contributed by atoms with Gasteiger partial charge in [-0.05, 0) is 65.2 Å². The van der Waals surface area contributed by atoms with Gasteiger partial charge in [-0.3, -0.25) is 19.8 Å². The number of aliphatic carboxylic acids is 1. The number of ether oxygens (including phenoxy) is 2. The number of β-lactam (4-membered cyclic amide) rings is 1. The highest BCUT2D eigenvalue weighted by molar-refractivity contribution is 8.07. The van der Waals surface area contributed by atoms with Gasteiger partial charge < -0.3 is 30.1 Å². The van der Waals surface area contributed by atoms with Crippen LogP contribution in [0, 0.1) is 0 Å². The molecule has 0 aliphatic carbocycles. The molecule has 1 fully saturated rings. The van der Waals surface area contributed by atoms with E-state index in [-0.39, 0.29) is 28.7 Å². The van der Waals surface area contributed by atoms with E-state index in [2.05, 4.69) is 35.7 Å². The highest BCUT2D eigenvalue weighted by atomic mass is 32.2. The zero-order valence-corrected chi connectivity index (χ0v) is 41.7. The average molecular weight is 1010 g/mol. The van der Waals surface area contributed by atoms with Crippen LogP contribution in [0.3, 0.4) is 0 Å². The second-order valence-electron chi connectivity index (χ2n) is 17.4. The molecule has 5 aromatic rings. The standard InChI is InChI=1S/C48H50N8O9S4/c1-46(2,3)63-44(61)49-25-26-66-27-33-43(69-55-53-33)68-34-28-67-41-37(40(58)56(41)38(34)42(59)60)52-39(57)36(32-23-16-24-35(50-32)51-45(62)64-47(4,5)6)54-65-48(29-17-10-7-11-18-29,30-19-12-8-13-20-30)31-21-14-9-15-22-31/h7-24,37,41H,25-28H2,1-6H3,(H,49,61)(H,52,57)(H,59,60)(H,50,51,62)/b54-36-/t37-,41-/m1/s1. The molecule has 0 saturated carbocycles. The van der Waals surface area contributed by atoms with Gasteiger partial charge in [0.2, 0.25) is 5.60 Å². The summed E-state index contributed by atoms with van der Waals surface area (Å²) in [5, 5.41) is 26.7. The SMILES string of the molecule is CC(C)(C)OC(=O)NCCSCc1nnsc1SC1=C(C(=O)O)N2C(=O)[C@@H](NC(=O)/C(=N\OC(c3ccccc3)(c3ccccc3)c3ccccc3)c3cccc(NC(=O)OC(C)(C)C)n3)[C@H]2SC1. The second kappa shape index (κ2) is 21.9. The molecule has 69 heavy (non-hydrogen) atoms. The van der Waals surface area contributed by atoms with Crippen LogP contribution in [0.5, 0.6) is 0 Å². The first-order chi connectivity index (χ1) is 32.9. The predicted octanol–water partition coefficient (Wildman–Crippen LogP) is 8.24. The Morgan fingerprint density at radius 2 is 1.42 bits per heavy atom. The van der Waals surface area contributed by atoms with Crippen LogP contribution in [0.25, 0.3) is 0 Å². The van der Waals surface area contributed by atoms with Crippen molar-refractivity contribution in [1.82, 2.24) is 30.1 Å². The molecule has 21 heteroatoms. The molecule has 4 N–H and O–H groups in total. The maximum Gasteiger partial charge on any atom is 0.413 e. The molecule has 4 amide bonds. The van der Waals surface area contributed by atoms with Gasteiger partial charge in [0.05, 0.1) is 5.69 Å². The monoisotopic (exact) mass is 1010 g/mol. The highest BCUT2D eigenvalue weighted by Crippen LogP contribution is 2.47. The van der Waals surface area contributed by atoms with Crippen molar-refractivity contribution in [2.45, 2.75) is 79.7 Å². The van der Waals surface area contributed by atoms with Crippen LogP contribution in [-0.4, -0.2) is 101 Å². The molecule has 1 saturated heterocycles. The van der Waals surface area contributed by atoms with Crippen LogP contribution in [0.15, 0.2) is 129 Å². The topological polar surface area (TPSA) is 224 Å². The smallest absolute Gasteiger partial charge is 0.413 e. The number of carbonyl (C=O) groups excluding carboxylic acids is 4. The number of aromatic nitrogens is 3. The number of fused-ring (bicyclic) bond motifs is 1. The Bertz CT molecular complexity index is 2630. The fraction of sp³-hybridized carbons (Fsp3) is 0.312. The van der Waals surface area contributed by atoms with E-state index in [0.717, 1.165) is 11.5 Å². The van der Waals surface area contributed by atoms with E-state index in [9.17, 15) is 29.1 Å². The number of alkyl carbamates (subject to hydrolysis) is 1. The van der Waals surface area contributed by atoms with Crippen molar-refractivity contribution >= 4 is 88.3 Å². The fourth-order valence-electron chi connectivity index (χ4n) is 7.10. The van der Waals surface area contributed by atoms with Gasteiger partial charge in [0.15, 0.2) is 5.71 Å². The van der Waals surface area contributed by atoms with E-state index in [1.165, 1.54) is 52.3 Å². The van der Waals surface area contributed by atoms with Crippen molar-refractivity contribution in [3.8, 4) is 0 Å². The van der Waals surface area contributed by atoms with Gasteiger partial charge in [-0.25, -0.2) is 19.4 Å². The summed E-state index contributed by atoms with van der Waals surface area (Å²) in [5.41, 5.74) is -0.671. The number of carboxylic acid groups (broad SMARTS) is 1. The predicted molar refractivity (Wildman–Crippen MR) is 267 cm³/mol. The quantitative estimate of drug-likeness (QED) is 0.0226. The Hall–Kier alpha value is -6.42. The minimum atomic E-state index is -1.41. The molecule has 2 aliphatic heterocycles. The minimum Gasteiger partial charge on any atom is -0.477 e. The molecule has 7 rings (SSSR count). The second-order valence-corrected chi connectivity index (χ2v) is 21.7. The third-order valence-corrected chi connectivity index (χ3v) is 14.4. The molecule has 3 aromatic carbocycles. The third kappa shape index (κ3) is 12.4. The van der Waals surface area contributed by atoms with Crippen molar-refractivity contribution in [2.24, 2.45) is 5.16 Å². The lowest BCUT2D eigenvalue weighted by Gasteiger charge is -2.49. The number of pyridine rings is 1. The molecule has 0 radical (unpaired) electrons. The van der Waals surface area contributed by atoms with Crippen LogP contribution >= 0.6 is 46.8 Å². The summed E-state index contributed by atoms with van der Waals surface area (Å²) in [6, 6.07) is 31.6. The number of oxime groups is 1. The average Bonchev–Trinajstić information content (AvgIpc) is 3.75. The van der Waals surface area contributed by atoms with Crippen molar-refractivity contribution < 1.29 is 43.4 Å². The number of rotatable bonds is 17.